The first-order valence-electron chi connectivity index (χ1n) is 3.92. The molecular formula is C9H15N. The Bertz CT molecular complexity index is 141. The van der Waals surface area contributed by atoms with Crippen LogP contribution in [-0.4, -0.2) is 18.0 Å². The Morgan fingerprint density at radius 3 is 2.40 bits per heavy atom. The van der Waals surface area contributed by atoms with Crippen molar-refractivity contribution in [2.75, 3.05) is 13.1 Å². The van der Waals surface area contributed by atoms with Gasteiger partial charge < -0.3 is 4.90 Å². The van der Waals surface area contributed by atoms with E-state index in [0.29, 0.717) is 0 Å². The molecule has 0 saturated carbocycles. The Labute approximate surface area is 63.0 Å². The van der Waals surface area contributed by atoms with Crippen LogP contribution in [0.25, 0.3) is 0 Å². The first-order chi connectivity index (χ1) is 4.88. The smallest absolute Gasteiger partial charge is 0.0316 e. The summed E-state index contributed by atoms with van der Waals surface area (Å²) in [5, 5.41) is 0. The molecule has 0 radical (unpaired) electrons. The molecule has 0 aromatic carbocycles. The number of rotatable bonds is 2. The van der Waals surface area contributed by atoms with Gasteiger partial charge in [0.2, 0.25) is 0 Å². The molecule has 1 aliphatic heterocycles. The predicted octanol–water partition coefficient (Wildman–Crippen LogP) is 2.17. The third-order valence-corrected chi connectivity index (χ3v) is 1.98. The van der Waals surface area contributed by atoms with E-state index in [4.69, 9.17) is 0 Å². The fourth-order valence-electron chi connectivity index (χ4n) is 1.40. The first kappa shape index (κ1) is 7.39. The molecule has 1 fully saturated rings. The van der Waals surface area contributed by atoms with Gasteiger partial charge in [-0.3, -0.25) is 0 Å². The molecule has 1 nitrogen and oxygen atoms in total. The fraction of sp³-hybridized carbons (Fsp3) is 0.556. The Hall–Kier alpha value is -0.720. The fourth-order valence-corrected chi connectivity index (χ4v) is 1.40. The van der Waals surface area contributed by atoms with Crippen LogP contribution in [-0.2, 0) is 0 Å². The topological polar surface area (TPSA) is 3.24 Å². The lowest BCUT2D eigenvalue weighted by molar-refractivity contribution is 0.440. The van der Waals surface area contributed by atoms with E-state index in [0.717, 1.165) is 0 Å². The van der Waals surface area contributed by atoms with Crippen molar-refractivity contribution in [3.8, 4) is 0 Å². The third kappa shape index (κ3) is 1.41. The van der Waals surface area contributed by atoms with Gasteiger partial charge in [0.05, 0.1) is 0 Å². The van der Waals surface area contributed by atoms with E-state index in [1.54, 1.807) is 0 Å². The average Bonchev–Trinajstić information content (AvgIpc) is 2.43. The highest BCUT2D eigenvalue weighted by atomic mass is 15.1. The Kier molecular flexibility index (Phi) is 2.55. The van der Waals surface area contributed by atoms with Crippen LogP contribution in [0.3, 0.4) is 0 Å². The molecule has 10 heavy (non-hydrogen) atoms. The molecule has 0 N–H and O–H groups in total. The summed E-state index contributed by atoms with van der Waals surface area (Å²) in [5.41, 5.74) is 1.29. The van der Waals surface area contributed by atoms with Gasteiger partial charge >= 0.3 is 0 Å². The van der Waals surface area contributed by atoms with E-state index < -0.39 is 0 Å². The number of hydrogen-bond acceptors (Lipinski definition) is 1. The predicted molar refractivity (Wildman–Crippen MR) is 44.8 cm³/mol. The molecule has 0 spiro atoms. The minimum absolute atomic E-state index is 1.21. The number of allylic oxidation sites excluding steroid dienone is 2. The molecule has 0 aliphatic carbocycles. The van der Waals surface area contributed by atoms with E-state index in [1.165, 1.54) is 31.6 Å². The third-order valence-electron chi connectivity index (χ3n) is 1.98. The lowest BCUT2D eigenvalue weighted by atomic mass is 10.3. The minimum atomic E-state index is 1.21. The van der Waals surface area contributed by atoms with Crippen molar-refractivity contribution in [1.29, 1.82) is 0 Å². The maximum absolute atomic E-state index is 3.77. The molecule has 0 atom stereocenters. The highest BCUT2D eigenvalue weighted by Gasteiger charge is 2.10. The maximum atomic E-state index is 3.77. The van der Waals surface area contributed by atoms with E-state index in [9.17, 15) is 0 Å². The number of likely N-dealkylation sites (tertiary alicyclic amines) is 1. The van der Waals surface area contributed by atoms with Gasteiger partial charge in [0.15, 0.2) is 0 Å². The summed E-state index contributed by atoms with van der Waals surface area (Å²) in [5.74, 6) is 0. The molecule has 1 heteroatoms. The number of hydrogen-bond donors (Lipinski definition) is 0. The van der Waals surface area contributed by atoms with Crippen LogP contribution in [0.1, 0.15) is 19.8 Å². The Morgan fingerprint density at radius 1 is 1.40 bits per heavy atom. The molecule has 0 amide bonds. The van der Waals surface area contributed by atoms with Gasteiger partial charge in [-0.25, -0.2) is 0 Å². The van der Waals surface area contributed by atoms with Crippen molar-refractivity contribution >= 4 is 0 Å². The van der Waals surface area contributed by atoms with Gasteiger partial charge in [0.25, 0.3) is 0 Å². The van der Waals surface area contributed by atoms with Crippen molar-refractivity contribution in [2.45, 2.75) is 19.8 Å². The van der Waals surface area contributed by atoms with E-state index >= 15 is 0 Å². The molecule has 56 valence electrons. The largest absolute Gasteiger partial charge is 0.372 e. The molecular weight excluding hydrogens is 122 g/mol. The van der Waals surface area contributed by atoms with Crippen molar-refractivity contribution in [3.05, 3.63) is 24.4 Å². The average molecular weight is 137 g/mol. The maximum Gasteiger partial charge on any atom is 0.0316 e. The minimum Gasteiger partial charge on any atom is -0.372 e. The van der Waals surface area contributed by atoms with E-state index in [1.807, 2.05) is 6.08 Å². The zero-order valence-corrected chi connectivity index (χ0v) is 6.64. The second kappa shape index (κ2) is 3.45. The molecule has 0 unspecified atom stereocenters. The quantitative estimate of drug-likeness (QED) is 0.527. The second-order valence-corrected chi connectivity index (χ2v) is 2.61. The van der Waals surface area contributed by atoms with Crippen molar-refractivity contribution < 1.29 is 0 Å². The van der Waals surface area contributed by atoms with Gasteiger partial charge in [-0.15, -0.1) is 0 Å². The summed E-state index contributed by atoms with van der Waals surface area (Å²) in [4.78, 5) is 2.38. The summed E-state index contributed by atoms with van der Waals surface area (Å²) < 4.78 is 0. The standard InChI is InChI=1S/C9H15N/c1-3-9(4-2)10-7-5-6-8-10/h3-4H,1,5-8H2,2H3. The molecule has 0 aromatic heterocycles. The molecule has 1 saturated heterocycles. The molecule has 1 aliphatic rings. The highest BCUT2D eigenvalue weighted by molar-refractivity contribution is 5.14. The van der Waals surface area contributed by atoms with Gasteiger partial charge in [0.1, 0.15) is 0 Å². The van der Waals surface area contributed by atoms with Crippen LogP contribution in [0.4, 0.5) is 0 Å². The summed E-state index contributed by atoms with van der Waals surface area (Å²) >= 11 is 0. The van der Waals surface area contributed by atoms with Crippen molar-refractivity contribution in [3.63, 3.8) is 0 Å². The molecule has 1 heterocycles. The Morgan fingerprint density at radius 2 is 2.00 bits per heavy atom. The summed E-state index contributed by atoms with van der Waals surface area (Å²) in [6, 6.07) is 0. The van der Waals surface area contributed by atoms with E-state index in [2.05, 4.69) is 24.5 Å². The second-order valence-electron chi connectivity index (χ2n) is 2.61. The normalized spacial score (nSPS) is 19.7. The molecule has 1 rings (SSSR count). The van der Waals surface area contributed by atoms with Crippen LogP contribution >= 0.6 is 0 Å². The molecule has 0 bridgehead atoms. The summed E-state index contributed by atoms with van der Waals surface area (Å²) in [6.07, 6.45) is 6.74. The summed E-state index contributed by atoms with van der Waals surface area (Å²) in [7, 11) is 0. The highest BCUT2D eigenvalue weighted by Crippen LogP contribution is 2.14. The van der Waals surface area contributed by atoms with Gasteiger partial charge in [-0.05, 0) is 25.8 Å². The zero-order valence-electron chi connectivity index (χ0n) is 6.64. The van der Waals surface area contributed by atoms with Crippen molar-refractivity contribution in [2.24, 2.45) is 0 Å². The van der Waals surface area contributed by atoms with Gasteiger partial charge in [-0.2, -0.15) is 0 Å². The van der Waals surface area contributed by atoms with Crippen LogP contribution in [0.5, 0.6) is 0 Å². The van der Waals surface area contributed by atoms with E-state index in [-0.39, 0.29) is 0 Å². The molecule has 0 aromatic rings. The monoisotopic (exact) mass is 137 g/mol. The lowest BCUT2D eigenvalue weighted by Gasteiger charge is -2.17. The SMILES string of the molecule is C=CC(=CC)N1CCCC1. The number of nitrogens with zero attached hydrogens (tertiary/aromatic N) is 1. The van der Waals surface area contributed by atoms with Crippen molar-refractivity contribution in [1.82, 2.24) is 4.90 Å². The summed E-state index contributed by atoms with van der Waals surface area (Å²) in [6.45, 7) is 8.26. The van der Waals surface area contributed by atoms with Crippen LogP contribution < -0.4 is 0 Å². The van der Waals surface area contributed by atoms with Gasteiger partial charge in [0, 0.05) is 18.8 Å². The first-order valence-corrected chi connectivity index (χ1v) is 3.92. The Balaban J connectivity index is 2.53. The zero-order chi connectivity index (χ0) is 7.40. The van der Waals surface area contributed by atoms with Crippen LogP contribution in [0.15, 0.2) is 24.4 Å². The van der Waals surface area contributed by atoms with Crippen LogP contribution in [0, 0.1) is 0 Å². The van der Waals surface area contributed by atoms with Gasteiger partial charge in [-0.1, -0.05) is 12.7 Å². The lowest BCUT2D eigenvalue weighted by Crippen LogP contribution is -2.16. The van der Waals surface area contributed by atoms with Crippen LogP contribution in [0.2, 0.25) is 0 Å².